The number of nitrogens with zero attached hydrogens (tertiary/aromatic N) is 1. The molecule has 2 fully saturated rings. The van der Waals surface area contributed by atoms with Crippen LogP contribution in [0.4, 0.5) is 9.18 Å². The number of amides is 4. The first-order valence-corrected chi connectivity index (χ1v) is 10.5. The van der Waals surface area contributed by atoms with Gasteiger partial charge in [-0.1, -0.05) is 45.2 Å². The van der Waals surface area contributed by atoms with Gasteiger partial charge in [-0.2, -0.15) is 0 Å². The smallest absolute Gasteiger partial charge is 0.325 e. The molecule has 158 valence electrons. The van der Waals surface area contributed by atoms with E-state index in [0.29, 0.717) is 0 Å². The van der Waals surface area contributed by atoms with Crippen LogP contribution in [0.2, 0.25) is 0 Å². The zero-order valence-electron chi connectivity index (χ0n) is 17.1. The number of rotatable bonds is 7. The fourth-order valence-electron chi connectivity index (χ4n) is 4.26. The standard InChI is InChI=1S/C22H30FN3O3/c1-14(2)20(15-8-10-16(23)11-9-15)25-19(27)13-12-18-21(28)26(22(29)24-18)17-6-4-3-5-7-17/h8-11,14,17-18,20H,3-7,12-13H2,1-2H3,(H,24,29)(H,25,27)/t18-,20-/m0/s1. The lowest BCUT2D eigenvalue weighted by Crippen LogP contribution is -2.42. The van der Waals surface area contributed by atoms with Crippen LogP contribution in [0.15, 0.2) is 24.3 Å². The molecule has 1 aromatic rings. The second-order valence-corrected chi connectivity index (χ2v) is 8.38. The van der Waals surface area contributed by atoms with Crippen LogP contribution in [-0.4, -0.2) is 34.8 Å². The quantitative estimate of drug-likeness (QED) is 0.682. The topological polar surface area (TPSA) is 78.5 Å². The van der Waals surface area contributed by atoms with Crippen molar-refractivity contribution in [3.05, 3.63) is 35.6 Å². The second-order valence-electron chi connectivity index (χ2n) is 8.38. The van der Waals surface area contributed by atoms with Crippen molar-refractivity contribution in [2.75, 3.05) is 0 Å². The molecule has 0 spiro atoms. The van der Waals surface area contributed by atoms with Crippen molar-refractivity contribution in [2.45, 2.75) is 76.9 Å². The van der Waals surface area contributed by atoms with Crippen LogP contribution >= 0.6 is 0 Å². The van der Waals surface area contributed by atoms with E-state index < -0.39 is 6.04 Å². The summed E-state index contributed by atoms with van der Waals surface area (Å²) in [6, 6.07) is 4.87. The Labute approximate surface area is 171 Å². The normalized spacial score (nSPS) is 21.4. The summed E-state index contributed by atoms with van der Waals surface area (Å²) in [6.07, 6.45) is 5.35. The summed E-state index contributed by atoms with van der Waals surface area (Å²) in [5, 5.41) is 5.71. The number of halogens is 1. The van der Waals surface area contributed by atoms with E-state index in [1.54, 1.807) is 12.1 Å². The molecule has 4 amide bonds. The minimum atomic E-state index is -0.640. The molecule has 6 nitrogen and oxygen atoms in total. The number of nitrogens with one attached hydrogen (secondary N) is 2. The molecule has 0 bridgehead atoms. The van der Waals surface area contributed by atoms with Crippen molar-refractivity contribution in [3.8, 4) is 0 Å². The maximum atomic E-state index is 13.2. The number of hydrogen-bond donors (Lipinski definition) is 2. The minimum absolute atomic E-state index is 0.0149. The second kappa shape index (κ2) is 9.37. The molecule has 0 radical (unpaired) electrons. The molecule has 29 heavy (non-hydrogen) atoms. The van der Waals surface area contributed by atoms with E-state index >= 15 is 0 Å². The van der Waals surface area contributed by atoms with E-state index in [1.807, 2.05) is 13.8 Å². The van der Waals surface area contributed by atoms with Crippen LogP contribution in [0, 0.1) is 11.7 Å². The van der Waals surface area contributed by atoms with E-state index in [2.05, 4.69) is 10.6 Å². The molecular formula is C22H30FN3O3. The summed E-state index contributed by atoms with van der Waals surface area (Å²) in [5.74, 6) is -0.598. The van der Waals surface area contributed by atoms with Crippen molar-refractivity contribution in [1.29, 1.82) is 0 Å². The van der Waals surface area contributed by atoms with Crippen molar-refractivity contribution in [1.82, 2.24) is 15.5 Å². The Bertz CT molecular complexity index is 744. The van der Waals surface area contributed by atoms with E-state index in [1.165, 1.54) is 17.0 Å². The Balaban J connectivity index is 1.55. The largest absolute Gasteiger partial charge is 0.349 e. The highest BCUT2D eigenvalue weighted by Crippen LogP contribution is 2.26. The summed E-state index contributed by atoms with van der Waals surface area (Å²) in [7, 11) is 0. The molecule has 1 aromatic carbocycles. The first-order chi connectivity index (χ1) is 13.9. The first-order valence-electron chi connectivity index (χ1n) is 10.5. The van der Waals surface area contributed by atoms with Crippen LogP contribution in [0.1, 0.15) is 70.4 Å². The lowest BCUT2D eigenvalue weighted by Gasteiger charge is -2.28. The predicted octanol–water partition coefficient (Wildman–Crippen LogP) is 3.67. The monoisotopic (exact) mass is 403 g/mol. The van der Waals surface area contributed by atoms with Crippen molar-refractivity contribution in [2.24, 2.45) is 5.92 Å². The molecule has 2 aliphatic rings. The van der Waals surface area contributed by atoms with Crippen molar-refractivity contribution < 1.29 is 18.8 Å². The lowest BCUT2D eigenvalue weighted by molar-refractivity contribution is -0.129. The third-order valence-corrected chi connectivity index (χ3v) is 5.86. The van der Waals surface area contributed by atoms with Gasteiger partial charge in [0, 0.05) is 12.5 Å². The third-order valence-electron chi connectivity index (χ3n) is 5.86. The molecule has 1 heterocycles. The maximum Gasteiger partial charge on any atom is 0.325 e. The Kier molecular flexibility index (Phi) is 6.87. The van der Waals surface area contributed by atoms with Crippen LogP contribution in [-0.2, 0) is 9.59 Å². The van der Waals surface area contributed by atoms with Gasteiger partial charge in [-0.25, -0.2) is 9.18 Å². The Morgan fingerprint density at radius 3 is 2.45 bits per heavy atom. The van der Waals surface area contributed by atoms with Crippen LogP contribution in [0.3, 0.4) is 0 Å². The lowest BCUT2D eigenvalue weighted by atomic mass is 9.94. The highest BCUT2D eigenvalue weighted by molar-refractivity contribution is 6.04. The molecule has 1 aliphatic carbocycles. The van der Waals surface area contributed by atoms with E-state index in [9.17, 15) is 18.8 Å². The summed E-state index contributed by atoms with van der Waals surface area (Å²) < 4.78 is 13.2. The molecule has 2 atom stereocenters. The van der Waals surface area contributed by atoms with Gasteiger partial charge in [0.05, 0.1) is 6.04 Å². The van der Waals surface area contributed by atoms with E-state index in [4.69, 9.17) is 0 Å². The minimum Gasteiger partial charge on any atom is -0.349 e. The highest BCUT2D eigenvalue weighted by atomic mass is 19.1. The highest BCUT2D eigenvalue weighted by Gasteiger charge is 2.42. The molecule has 0 aromatic heterocycles. The molecular weight excluding hydrogens is 373 g/mol. The van der Waals surface area contributed by atoms with Crippen LogP contribution in [0.25, 0.3) is 0 Å². The number of imide groups is 1. The van der Waals surface area contributed by atoms with Gasteiger partial charge in [0.25, 0.3) is 5.91 Å². The van der Waals surface area contributed by atoms with E-state index in [-0.39, 0.29) is 54.5 Å². The van der Waals surface area contributed by atoms with Gasteiger partial charge in [0.2, 0.25) is 5.91 Å². The fraction of sp³-hybridized carbons (Fsp3) is 0.591. The van der Waals surface area contributed by atoms with Gasteiger partial charge in [0.15, 0.2) is 0 Å². The molecule has 1 saturated heterocycles. The van der Waals surface area contributed by atoms with E-state index in [0.717, 1.165) is 37.7 Å². The Hall–Kier alpha value is -2.44. The van der Waals surface area contributed by atoms with Gasteiger partial charge >= 0.3 is 6.03 Å². The van der Waals surface area contributed by atoms with Gasteiger partial charge in [-0.05, 0) is 42.9 Å². The fourth-order valence-corrected chi connectivity index (χ4v) is 4.26. The van der Waals surface area contributed by atoms with Gasteiger partial charge < -0.3 is 10.6 Å². The van der Waals surface area contributed by atoms with Crippen molar-refractivity contribution >= 4 is 17.8 Å². The first kappa shape index (κ1) is 21.3. The Morgan fingerprint density at radius 1 is 1.17 bits per heavy atom. The zero-order valence-corrected chi connectivity index (χ0v) is 17.1. The summed E-state index contributed by atoms with van der Waals surface area (Å²) in [5.41, 5.74) is 0.837. The molecule has 2 N–H and O–H groups in total. The van der Waals surface area contributed by atoms with Crippen molar-refractivity contribution in [3.63, 3.8) is 0 Å². The summed E-state index contributed by atoms with van der Waals surface area (Å²) in [4.78, 5) is 38.8. The van der Waals surface area contributed by atoms with Gasteiger partial charge in [0.1, 0.15) is 11.9 Å². The molecule has 0 unspecified atom stereocenters. The number of carbonyl (C=O) groups is 3. The van der Waals surface area contributed by atoms with Crippen LogP contribution < -0.4 is 10.6 Å². The maximum absolute atomic E-state index is 13.2. The number of hydrogen-bond acceptors (Lipinski definition) is 3. The predicted molar refractivity (Wildman–Crippen MR) is 107 cm³/mol. The molecule has 1 saturated carbocycles. The molecule has 7 heteroatoms. The number of urea groups is 1. The Morgan fingerprint density at radius 2 is 1.83 bits per heavy atom. The number of benzene rings is 1. The average molecular weight is 403 g/mol. The third kappa shape index (κ3) is 5.14. The summed E-state index contributed by atoms with van der Waals surface area (Å²) in [6.45, 7) is 3.97. The molecule has 1 aliphatic heterocycles. The average Bonchev–Trinajstić information content (AvgIpc) is 2.99. The number of carbonyl (C=O) groups excluding carboxylic acids is 3. The molecule has 3 rings (SSSR count). The SMILES string of the molecule is CC(C)[C@H](NC(=O)CC[C@@H]1NC(=O)N(C2CCCCC2)C1=O)c1ccc(F)cc1. The van der Waals surface area contributed by atoms with Crippen LogP contribution in [0.5, 0.6) is 0 Å². The van der Waals surface area contributed by atoms with Gasteiger partial charge in [-0.15, -0.1) is 0 Å². The zero-order chi connectivity index (χ0) is 21.0. The summed E-state index contributed by atoms with van der Waals surface area (Å²) >= 11 is 0. The van der Waals surface area contributed by atoms with Gasteiger partial charge in [-0.3, -0.25) is 14.5 Å².